The average molecular weight is 211 g/mol. The summed E-state index contributed by atoms with van der Waals surface area (Å²) < 4.78 is 0. The minimum absolute atomic E-state index is 0.0209. The number of amides is 1. The molecule has 0 aromatic rings. The highest BCUT2D eigenvalue weighted by atomic mass is 16.2. The number of nitrogens with one attached hydrogen (secondary N) is 1. The zero-order valence-electron chi connectivity index (χ0n) is 9.77. The fraction of sp³-hybridized carbons (Fsp3) is 0.833. The Kier molecular flexibility index (Phi) is 4.30. The maximum absolute atomic E-state index is 11.4. The Hall–Kier alpha value is -0.860. The van der Waals surface area contributed by atoms with Crippen molar-refractivity contribution in [2.24, 2.45) is 5.41 Å². The molecule has 0 spiro atoms. The van der Waals surface area contributed by atoms with Gasteiger partial charge >= 0.3 is 0 Å². The molecule has 1 N–H and O–H groups in total. The van der Waals surface area contributed by atoms with Crippen LogP contribution in [0.5, 0.6) is 0 Å². The van der Waals surface area contributed by atoms with Gasteiger partial charge in [-0.15, -0.1) is 0 Å². The molecule has 0 saturated heterocycles. The highest BCUT2D eigenvalue weighted by Crippen LogP contribution is 2.48. The summed E-state index contributed by atoms with van der Waals surface area (Å²) in [4.78, 5) is 22.0. The lowest BCUT2D eigenvalue weighted by Gasteiger charge is -2.14. The van der Waals surface area contributed by atoms with E-state index < -0.39 is 0 Å². The molecule has 15 heavy (non-hydrogen) atoms. The number of ketones is 1. The number of carbonyl (C=O) groups excluding carboxylic acids is 2. The van der Waals surface area contributed by atoms with Crippen molar-refractivity contribution in [2.75, 3.05) is 6.54 Å². The third kappa shape index (κ3) is 4.45. The van der Waals surface area contributed by atoms with E-state index >= 15 is 0 Å². The Balaban J connectivity index is 2.14. The summed E-state index contributed by atoms with van der Waals surface area (Å²) in [7, 11) is 0. The van der Waals surface area contributed by atoms with Crippen LogP contribution in [0.3, 0.4) is 0 Å². The molecule has 0 aliphatic heterocycles. The van der Waals surface area contributed by atoms with Crippen molar-refractivity contribution in [3.05, 3.63) is 0 Å². The van der Waals surface area contributed by atoms with E-state index in [4.69, 9.17) is 0 Å². The number of hydrogen-bond donors (Lipinski definition) is 1. The molecule has 1 rings (SSSR count). The molecule has 1 fully saturated rings. The van der Waals surface area contributed by atoms with Crippen LogP contribution in [0.4, 0.5) is 0 Å². The molecule has 1 saturated carbocycles. The van der Waals surface area contributed by atoms with E-state index in [2.05, 4.69) is 12.2 Å². The van der Waals surface area contributed by atoms with Gasteiger partial charge in [-0.1, -0.05) is 13.3 Å². The minimum atomic E-state index is 0.0209. The Bertz CT molecular complexity index is 244. The lowest BCUT2D eigenvalue weighted by atomic mass is 10.0. The van der Waals surface area contributed by atoms with Crippen molar-refractivity contribution < 1.29 is 9.59 Å². The molecular weight excluding hydrogens is 190 g/mol. The lowest BCUT2D eigenvalue weighted by molar-refractivity contribution is -0.124. The highest BCUT2D eigenvalue weighted by Gasteiger charge is 2.41. The number of carbonyl (C=O) groups is 2. The first-order valence-corrected chi connectivity index (χ1v) is 5.84. The van der Waals surface area contributed by atoms with Gasteiger partial charge in [-0.3, -0.25) is 4.79 Å². The van der Waals surface area contributed by atoms with E-state index in [0.717, 1.165) is 6.54 Å². The van der Waals surface area contributed by atoms with Crippen LogP contribution in [-0.4, -0.2) is 18.2 Å². The maximum Gasteiger partial charge on any atom is 0.220 e. The second-order valence-corrected chi connectivity index (χ2v) is 4.73. The third-order valence-corrected chi connectivity index (χ3v) is 3.10. The van der Waals surface area contributed by atoms with Gasteiger partial charge in [0.15, 0.2) is 0 Å². The molecule has 86 valence electrons. The third-order valence-electron chi connectivity index (χ3n) is 3.10. The monoisotopic (exact) mass is 211 g/mol. The van der Waals surface area contributed by atoms with E-state index in [9.17, 15) is 9.59 Å². The van der Waals surface area contributed by atoms with Crippen LogP contribution < -0.4 is 5.32 Å². The van der Waals surface area contributed by atoms with E-state index in [0.29, 0.717) is 18.3 Å². The Morgan fingerprint density at radius 2 is 1.93 bits per heavy atom. The Morgan fingerprint density at radius 3 is 2.40 bits per heavy atom. The van der Waals surface area contributed by atoms with E-state index in [1.54, 1.807) is 0 Å². The van der Waals surface area contributed by atoms with Gasteiger partial charge in [0.1, 0.15) is 5.78 Å². The van der Waals surface area contributed by atoms with E-state index in [-0.39, 0.29) is 11.7 Å². The first-order chi connectivity index (χ1) is 7.08. The number of Topliss-reactive ketones (excluding diaryl/α,β-unsaturated/α-hetero) is 1. The van der Waals surface area contributed by atoms with Crippen LogP contribution >= 0.6 is 0 Å². The van der Waals surface area contributed by atoms with Gasteiger partial charge in [-0.2, -0.15) is 0 Å². The second kappa shape index (κ2) is 5.29. The fourth-order valence-electron chi connectivity index (χ4n) is 1.89. The summed E-state index contributed by atoms with van der Waals surface area (Å²) in [5.74, 6) is 0.104. The molecule has 1 aliphatic carbocycles. The van der Waals surface area contributed by atoms with Crippen LogP contribution in [0.2, 0.25) is 0 Å². The molecule has 3 heteroatoms. The molecule has 0 aromatic heterocycles. The summed E-state index contributed by atoms with van der Waals surface area (Å²) in [6.07, 6.45) is 5.59. The zero-order chi connectivity index (χ0) is 11.3. The number of rotatable bonds is 7. The van der Waals surface area contributed by atoms with E-state index in [1.165, 1.54) is 32.6 Å². The summed E-state index contributed by atoms with van der Waals surface area (Å²) in [5, 5.41) is 2.93. The fourth-order valence-corrected chi connectivity index (χ4v) is 1.89. The van der Waals surface area contributed by atoms with Crippen molar-refractivity contribution in [2.45, 2.75) is 52.4 Å². The molecule has 0 atom stereocenters. The highest BCUT2D eigenvalue weighted by molar-refractivity contribution is 5.83. The molecule has 3 nitrogen and oxygen atoms in total. The van der Waals surface area contributed by atoms with Crippen molar-refractivity contribution in [1.29, 1.82) is 0 Å². The van der Waals surface area contributed by atoms with Crippen molar-refractivity contribution in [3.8, 4) is 0 Å². The van der Waals surface area contributed by atoms with Gasteiger partial charge in [-0.05, 0) is 31.6 Å². The van der Waals surface area contributed by atoms with Gasteiger partial charge in [0.25, 0.3) is 0 Å². The van der Waals surface area contributed by atoms with Crippen LogP contribution in [-0.2, 0) is 9.59 Å². The molecule has 0 aromatic carbocycles. The lowest BCUT2D eigenvalue weighted by Crippen LogP contribution is -2.30. The Labute approximate surface area is 91.6 Å². The summed E-state index contributed by atoms with van der Waals surface area (Å²) in [6, 6.07) is 0. The predicted molar refractivity (Wildman–Crippen MR) is 59.5 cm³/mol. The second-order valence-electron chi connectivity index (χ2n) is 4.73. The van der Waals surface area contributed by atoms with Gasteiger partial charge in [-0.25, -0.2) is 0 Å². The normalized spacial score (nSPS) is 17.2. The maximum atomic E-state index is 11.4. The van der Waals surface area contributed by atoms with Crippen LogP contribution in [0.1, 0.15) is 52.4 Å². The van der Waals surface area contributed by atoms with Crippen LogP contribution in [0, 0.1) is 5.41 Å². The van der Waals surface area contributed by atoms with Crippen molar-refractivity contribution in [3.63, 3.8) is 0 Å². The van der Waals surface area contributed by atoms with Gasteiger partial charge in [0, 0.05) is 19.4 Å². The summed E-state index contributed by atoms with van der Waals surface area (Å²) in [6.45, 7) is 4.50. The van der Waals surface area contributed by atoms with Crippen LogP contribution in [0.25, 0.3) is 0 Å². The average Bonchev–Trinajstić information content (AvgIpc) is 2.93. The quantitative estimate of drug-likeness (QED) is 0.700. The molecule has 0 heterocycles. The predicted octanol–water partition coefficient (Wildman–Crippen LogP) is 2.05. The molecule has 0 bridgehead atoms. The van der Waals surface area contributed by atoms with E-state index in [1.807, 2.05) is 0 Å². The SMILES string of the molecule is CCCC1(CNC(=O)CCC(C)=O)CC1. The molecule has 1 aliphatic rings. The van der Waals surface area contributed by atoms with Gasteiger partial charge < -0.3 is 10.1 Å². The Morgan fingerprint density at radius 1 is 1.27 bits per heavy atom. The van der Waals surface area contributed by atoms with Crippen LogP contribution in [0.15, 0.2) is 0 Å². The standard InChI is InChI=1S/C12H21NO2/c1-3-6-12(7-8-12)9-13-11(15)5-4-10(2)14/h3-9H2,1-2H3,(H,13,15). The summed E-state index contributed by atoms with van der Waals surface area (Å²) >= 11 is 0. The number of hydrogen-bond acceptors (Lipinski definition) is 2. The van der Waals surface area contributed by atoms with Crippen molar-refractivity contribution in [1.82, 2.24) is 5.32 Å². The molecule has 1 amide bonds. The summed E-state index contributed by atoms with van der Waals surface area (Å²) in [5.41, 5.74) is 0.403. The van der Waals surface area contributed by atoms with Gasteiger partial charge in [0.2, 0.25) is 5.91 Å². The van der Waals surface area contributed by atoms with Gasteiger partial charge in [0.05, 0.1) is 0 Å². The molecular formula is C12H21NO2. The molecule has 0 unspecified atom stereocenters. The first kappa shape index (κ1) is 12.2. The largest absolute Gasteiger partial charge is 0.356 e. The molecule has 0 radical (unpaired) electrons. The minimum Gasteiger partial charge on any atom is -0.356 e. The van der Waals surface area contributed by atoms with Crippen molar-refractivity contribution >= 4 is 11.7 Å². The smallest absolute Gasteiger partial charge is 0.220 e. The zero-order valence-corrected chi connectivity index (χ0v) is 9.77. The first-order valence-electron chi connectivity index (χ1n) is 5.84. The topological polar surface area (TPSA) is 46.2 Å².